The molecule has 3 aliphatic rings. The van der Waals surface area contributed by atoms with Crippen LogP contribution in [0.5, 0.6) is 0 Å². The summed E-state index contributed by atoms with van der Waals surface area (Å²) in [5, 5.41) is 16.3. The Bertz CT molecular complexity index is 1120. The van der Waals surface area contributed by atoms with E-state index in [1.807, 2.05) is 42.6 Å². The first-order chi connectivity index (χ1) is 16.1. The summed E-state index contributed by atoms with van der Waals surface area (Å²) in [5.41, 5.74) is 2.51. The molecule has 3 heterocycles. The molecule has 33 heavy (non-hydrogen) atoms. The topological polar surface area (TPSA) is 81.0 Å². The van der Waals surface area contributed by atoms with Gasteiger partial charge in [-0.3, -0.25) is 0 Å². The van der Waals surface area contributed by atoms with Gasteiger partial charge in [0.05, 0.1) is 10.7 Å². The molecule has 0 spiro atoms. The van der Waals surface area contributed by atoms with Crippen LogP contribution in [-0.4, -0.2) is 41.6 Å². The SMILES string of the molecule is CN(C)c1nc(C(C#N)=C2NC(c3ccccc3)=CS2)nc(N2CCCC3CCCCC32)n1. The Morgan fingerprint density at radius 2 is 1.88 bits per heavy atom. The Morgan fingerprint density at radius 1 is 1.09 bits per heavy atom. The van der Waals surface area contributed by atoms with E-state index in [9.17, 15) is 5.26 Å². The second kappa shape index (κ2) is 9.44. The minimum absolute atomic E-state index is 0.432. The van der Waals surface area contributed by atoms with Crippen molar-refractivity contribution in [3.63, 3.8) is 0 Å². The quantitative estimate of drug-likeness (QED) is 0.663. The first-order valence-electron chi connectivity index (χ1n) is 11.7. The van der Waals surface area contributed by atoms with Crippen LogP contribution in [0.1, 0.15) is 49.9 Å². The van der Waals surface area contributed by atoms with Crippen LogP contribution < -0.4 is 15.1 Å². The lowest BCUT2D eigenvalue weighted by Crippen LogP contribution is -2.47. The standard InChI is InChI=1S/C25H29N7S/c1-31(2)24-28-22(19(15-26)23-27-20(16-33-23)17-9-4-3-5-10-17)29-25(30-24)32-14-8-12-18-11-6-7-13-21(18)32/h3-5,9-10,16,18,21,27H,6-8,11-14H2,1-2H3. The molecule has 2 aromatic rings. The van der Waals surface area contributed by atoms with E-state index in [0.717, 1.165) is 29.3 Å². The van der Waals surface area contributed by atoms with Gasteiger partial charge in [0.15, 0.2) is 5.82 Å². The lowest BCUT2D eigenvalue weighted by molar-refractivity contribution is 0.241. The summed E-state index contributed by atoms with van der Waals surface area (Å²) in [5.74, 6) is 2.43. The highest BCUT2D eigenvalue weighted by Crippen LogP contribution is 2.38. The van der Waals surface area contributed by atoms with Gasteiger partial charge in [0, 0.05) is 32.1 Å². The number of allylic oxidation sites excluding steroid dienone is 1. The third-order valence-electron chi connectivity index (χ3n) is 6.70. The van der Waals surface area contributed by atoms with Gasteiger partial charge in [0.25, 0.3) is 0 Å². The van der Waals surface area contributed by atoms with Crippen molar-refractivity contribution in [1.29, 1.82) is 5.26 Å². The molecule has 0 amide bonds. The molecule has 170 valence electrons. The van der Waals surface area contributed by atoms with Crippen molar-refractivity contribution in [2.45, 2.75) is 44.6 Å². The van der Waals surface area contributed by atoms with E-state index in [1.54, 1.807) is 0 Å². The van der Waals surface area contributed by atoms with E-state index >= 15 is 0 Å². The van der Waals surface area contributed by atoms with Crippen molar-refractivity contribution >= 4 is 34.9 Å². The van der Waals surface area contributed by atoms with E-state index in [0.29, 0.717) is 35.3 Å². The normalized spacial score (nSPS) is 23.8. The molecule has 7 nitrogen and oxygen atoms in total. The molecule has 1 aromatic heterocycles. The largest absolute Gasteiger partial charge is 0.348 e. The highest BCUT2D eigenvalue weighted by atomic mass is 32.2. The molecule has 1 aliphatic carbocycles. The monoisotopic (exact) mass is 459 g/mol. The first-order valence-corrected chi connectivity index (χ1v) is 12.6. The number of hydrogen-bond donors (Lipinski definition) is 1. The number of piperidine rings is 1. The van der Waals surface area contributed by atoms with Crippen LogP contribution >= 0.6 is 11.8 Å². The molecule has 0 bridgehead atoms. The van der Waals surface area contributed by atoms with Gasteiger partial charge in [-0.25, -0.2) is 0 Å². The van der Waals surface area contributed by atoms with E-state index in [-0.39, 0.29) is 0 Å². The summed E-state index contributed by atoms with van der Waals surface area (Å²) >= 11 is 1.50. The zero-order chi connectivity index (χ0) is 22.8. The van der Waals surface area contributed by atoms with E-state index in [4.69, 9.17) is 9.97 Å². The van der Waals surface area contributed by atoms with Gasteiger partial charge in [-0.1, -0.05) is 54.9 Å². The lowest BCUT2D eigenvalue weighted by Gasteiger charge is -2.44. The lowest BCUT2D eigenvalue weighted by atomic mass is 9.78. The van der Waals surface area contributed by atoms with Crippen molar-refractivity contribution in [2.24, 2.45) is 5.92 Å². The summed E-state index contributed by atoms with van der Waals surface area (Å²) in [7, 11) is 3.86. The van der Waals surface area contributed by atoms with E-state index < -0.39 is 0 Å². The smallest absolute Gasteiger partial charge is 0.231 e. The van der Waals surface area contributed by atoms with Crippen LogP contribution in [0.25, 0.3) is 11.3 Å². The summed E-state index contributed by atoms with van der Waals surface area (Å²) in [6.45, 7) is 0.961. The molecule has 8 heteroatoms. The summed E-state index contributed by atoms with van der Waals surface area (Å²) in [4.78, 5) is 18.6. The number of nitriles is 1. The third kappa shape index (κ3) is 4.42. The fourth-order valence-electron chi connectivity index (χ4n) is 5.05. The fourth-order valence-corrected chi connectivity index (χ4v) is 5.90. The Morgan fingerprint density at radius 3 is 2.67 bits per heavy atom. The number of anilines is 2. The molecule has 5 rings (SSSR count). The number of nitrogens with one attached hydrogen (secondary N) is 1. The van der Waals surface area contributed by atoms with Crippen LogP contribution in [0.2, 0.25) is 0 Å². The molecule has 2 aliphatic heterocycles. The minimum atomic E-state index is 0.432. The molecule has 2 atom stereocenters. The molecular weight excluding hydrogens is 430 g/mol. The van der Waals surface area contributed by atoms with Crippen molar-refractivity contribution < 1.29 is 0 Å². The maximum Gasteiger partial charge on any atom is 0.231 e. The van der Waals surface area contributed by atoms with Gasteiger partial charge in [0.2, 0.25) is 11.9 Å². The molecule has 1 saturated carbocycles. The second-order valence-corrected chi connectivity index (χ2v) is 9.94. The molecule has 2 fully saturated rings. The van der Waals surface area contributed by atoms with Gasteiger partial charge in [-0.2, -0.15) is 20.2 Å². The number of hydrogen-bond acceptors (Lipinski definition) is 8. The Kier molecular flexibility index (Phi) is 6.23. The van der Waals surface area contributed by atoms with Crippen LogP contribution in [0, 0.1) is 17.2 Å². The first kappa shape index (κ1) is 21.8. The molecule has 1 aromatic carbocycles. The third-order valence-corrected chi connectivity index (χ3v) is 7.60. The maximum atomic E-state index is 10.1. The fraction of sp³-hybridized carbons (Fsp3) is 0.440. The molecular formula is C25H29N7S. The van der Waals surface area contributed by atoms with Crippen LogP contribution in [0.4, 0.5) is 11.9 Å². The van der Waals surface area contributed by atoms with Crippen LogP contribution in [-0.2, 0) is 0 Å². The van der Waals surface area contributed by atoms with Gasteiger partial charge in [0.1, 0.15) is 11.6 Å². The zero-order valence-electron chi connectivity index (χ0n) is 19.2. The number of thioether (sulfide) groups is 1. The van der Waals surface area contributed by atoms with Crippen molar-refractivity contribution in [3.8, 4) is 6.07 Å². The summed E-state index contributed by atoms with van der Waals surface area (Å²) in [6.07, 6.45) is 7.52. The van der Waals surface area contributed by atoms with E-state index in [1.165, 1.54) is 43.9 Å². The average molecular weight is 460 g/mol. The predicted molar refractivity (Wildman–Crippen MR) is 134 cm³/mol. The summed E-state index contributed by atoms with van der Waals surface area (Å²) < 4.78 is 0. The van der Waals surface area contributed by atoms with Crippen molar-refractivity contribution in [2.75, 3.05) is 30.4 Å². The number of aromatic nitrogens is 3. The van der Waals surface area contributed by atoms with Gasteiger partial charge in [-0.15, -0.1) is 0 Å². The minimum Gasteiger partial charge on any atom is -0.348 e. The summed E-state index contributed by atoms with van der Waals surface area (Å²) in [6, 6.07) is 13.0. The number of rotatable bonds is 4. The maximum absolute atomic E-state index is 10.1. The molecule has 2 unspecified atom stereocenters. The highest BCUT2D eigenvalue weighted by molar-refractivity contribution is 8.06. The molecule has 1 saturated heterocycles. The van der Waals surface area contributed by atoms with Crippen molar-refractivity contribution in [1.82, 2.24) is 20.3 Å². The van der Waals surface area contributed by atoms with Crippen molar-refractivity contribution in [3.05, 3.63) is 52.2 Å². The zero-order valence-corrected chi connectivity index (χ0v) is 20.0. The van der Waals surface area contributed by atoms with Crippen LogP contribution in [0.3, 0.4) is 0 Å². The molecule has 0 radical (unpaired) electrons. The Balaban J connectivity index is 1.50. The average Bonchev–Trinajstić information content (AvgIpc) is 3.34. The van der Waals surface area contributed by atoms with Crippen LogP contribution in [0.15, 0.2) is 40.8 Å². The molecule has 1 N–H and O–H groups in total. The number of benzene rings is 1. The Labute approximate surface area is 199 Å². The number of nitrogens with zero attached hydrogens (tertiary/aromatic N) is 6. The van der Waals surface area contributed by atoms with Gasteiger partial charge >= 0.3 is 0 Å². The van der Waals surface area contributed by atoms with Gasteiger partial charge < -0.3 is 15.1 Å². The Hall–Kier alpha value is -3.05. The highest BCUT2D eigenvalue weighted by Gasteiger charge is 2.35. The van der Waals surface area contributed by atoms with E-state index in [2.05, 4.69) is 33.4 Å². The second-order valence-electron chi connectivity index (χ2n) is 9.06. The van der Waals surface area contributed by atoms with Gasteiger partial charge in [-0.05, 0) is 37.2 Å². The number of fused-ring (bicyclic) bond motifs is 1. The predicted octanol–water partition coefficient (Wildman–Crippen LogP) is 4.62.